The number of sulfonamides is 1. The van der Waals surface area contributed by atoms with E-state index in [1.165, 1.54) is 6.07 Å². The lowest BCUT2D eigenvalue weighted by atomic mass is 9.97. The van der Waals surface area contributed by atoms with E-state index >= 15 is 0 Å². The predicted octanol–water partition coefficient (Wildman–Crippen LogP) is 4.86. The maximum absolute atomic E-state index is 14.1. The molecule has 3 amide bonds. The molecule has 0 aliphatic carbocycles. The van der Waals surface area contributed by atoms with Crippen molar-refractivity contribution < 1.29 is 32.3 Å². The second-order valence-electron chi connectivity index (χ2n) is 13.1. The SMILES string of the molecule is O=C(NC[C@@H]1CCCN1C(=O)[C@H](COCc1ccccc1)NS(=O)(=O)c1ccc2ccccc2c1)[C@H]1CCCN(C(=O)OCc2ccccc2)C1. The number of nitrogens with one attached hydrogen (secondary N) is 2. The second kappa shape index (κ2) is 17.0. The fourth-order valence-electron chi connectivity index (χ4n) is 6.68. The minimum absolute atomic E-state index is 0.0535. The van der Waals surface area contributed by atoms with E-state index in [0.717, 1.165) is 21.9 Å². The Hall–Kier alpha value is -4.78. The average Bonchev–Trinajstić information content (AvgIpc) is 3.64. The van der Waals surface area contributed by atoms with Crippen LogP contribution in [0.25, 0.3) is 10.8 Å². The van der Waals surface area contributed by atoms with Crippen LogP contribution in [0.3, 0.4) is 0 Å². The van der Waals surface area contributed by atoms with Crippen molar-refractivity contribution in [2.75, 3.05) is 32.8 Å². The number of likely N-dealkylation sites (tertiary alicyclic amines) is 2. The molecule has 6 rings (SSSR count). The third-order valence-electron chi connectivity index (χ3n) is 9.45. The van der Waals surface area contributed by atoms with E-state index in [9.17, 15) is 22.8 Å². The summed E-state index contributed by atoms with van der Waals surface area (Å²) < 4.78 is 41.4. The summed E-state index contributed by atoms with van der Waals surface area (Å²) in [6, 6.07) is 29.7. The molecule has 2 fully saturated rings. The summed E-state index contributed by atoms with van der Waals surface area (Å²) >= 11 is 0. The summed E-state index contributed by atoms with van der Waals surface area (Å²) in [5.41, 5.74) is 1.79. The van der Waals surface area contributed by atoms with E-state index in [-0.39, 0.29) is 49.8 Å². The van der Waals surface area contributed by atoms with Gasteiger partial charge in [0.15, 0.2) is 0 Å². The molecule has 2 heterocycles. The van der Waals surface area contributed by atoms with Crippen molar-refractivity contribution in [3.63, 3.8) is 0 Å². The van der Waals surface area contributed by atoms with Gasteiger partial charge < -0.3 is 24.6 Å². The molecule has 0 radical (unpaired) electrons. The maximum Gasteiger partial charge on any atom is 0.410 e. The van der Waals surface area contributed by atoms with Gasteiger partial charge in [-0.25, -0.2) is 13.2 Å². The maximum atomic E-state index is 14.1. The van der Waals surface area contributed by atoms with Crippen molar-refractivity contribution in [3.8, 4) is 0 Å². The summed E-state index contributed by atoms with van der Waals surface area (Å²) in [5.74, 6) is -0.995. The van der Waals surface area contributed by atoms with Gasteiger partial charge in [-0.05, 0) is 59.7 Å². The number of hydrogen-bond acceptors (Lipinski definition) is 7. The molecule has 2 N–H and O–H groups in total. The van der Waals surface area contributed by atoms with Crippen molar-refractivity contribution in [1.82, 2.24) is 19.8 Å². The minimum Gasteiger partial charge on any atom is -0.445 e. The Morgan fingerprint density at radius 2 is 1.45 bits per heavy atom. The molecule has 12 heteroatoms. The number of rotatable bonds is 13. The molecule has 11 nitrogen and oxygen atoms in total. The first-order valence-electron chi connectivity index (χ1n) is 17.4. The fourth-order valence-corrected chi connectivity index (χ4v) is 7.89. The molecule has 0 bridgehead atoms. The van der Waals surface area contributed by atoms with Crippen LogP contribution in [0.1, 0.15) is 36.8 Å². The lowest BCUT2D eigenvalue weighted by molar-refractivity contribution is -0.136. The minimum atomic E-state index is -4.10. The smallest absolute Gasteiger partial charge is 0.410 e. The first-order chi connectivity index (χ1) is 24.8. The van der Waals surface area contributed by atoms with Crippen molar-refractivity contribution in [2.45, 2.75) is 55.9 Å². The van der Waals surface area contributed by atoms with E-state index in [4.69, 9.17) is 9.47 Å². The highest BCUT2D eigenvalue weighted by molar-refractivity contribution is 7.89. The molecule has 2 aliphatic heterocycles. The molecule has 4 aromatic rings. The standard InChI is InChI=1S/C39H44N4O7S/c44-37(33-17-9-21-42(25-33)39(46)50-27-30-13-5-2-6-14-30)40-24-34-18-10-22-43(34)38(45)36(28-49-26-29-11-3-1-4-12-29)41-51(47,48)35-20-19-31-15-7-8-16-32(31)23-35/h1-8,11-16,19-20,23,33-34,36,41H,9-10,17-18,21-22,24-28H2,(H,40,44)/t33-,34-,36-/m0/s1. The van der Waals surface area contributed by atoms with Gasteiger partial charge in [0.1, 0.15) is 12.6 Å². The van der Waals surface area contributed by atoms with Gasteiger partial charge >= 0.3 is 6.09 Å². The Morgan fingerprint density at radius 1 is 0.784 bits per heavy atom. The highest BCUT2D eigenvalue weighted by atomic mass is 32.2. The Kier molecular flexibility index (Phi) is 12.0. The van der Waals surface area contributed by atoms with Crippen LogP contribution < -0.4 is 10.0 Å². The molecule has 3 atom stereocenters. The van der Waals surface area contributed by atoms with Gasteiger partial charge in [0, 0.05) is 32.2 Å². The number of amides is 3. The summed E-state index contributed by atoms with van der Waals surface area (Å²) in [6.07, 6.45) is 2.23. The van der Waals surface area contributed by atoms with Gasteiger partial charge in [0.2, 0.25) is 21.8 Å². The van der Waals surface area contributed by atoms with E-state index in [1.807, 2.05) is 84.9 Å². The average molecular weight is 713 g/mol. The van der Waals surface area contributed by atoms with Crippen LogP contribution in [0, 0.1) is 5.92 Å². The van der Waals surface area contributed by atoms with Gasteiger partial charge in [-0.3, -0.25) is 9.59 Å². The van der Waals surface area contributed by atoms with Crippen LogP contribution in [-0.2, 0) is 42.3 Å². The zero-order chi connectivity index (χ0) is 35.6. The molecule has 51 heavy (non-hydrogen) atoms. The molecule has 0 aromatic heterocycles. The molecule has 0 unspecified atom stereocenters. The Labute approximate surface area is 299 Å². The molecular formula is C39H44N4O7S. The number of fused-ring (bicyclic) bond motifs is 1. The van der Waals surface area contributed by atoms with Crippen LogP contribution in [0.4, 0.5) is 4.79 Å². The van der Waals surface area contributed by atoms with Gasteiger partial charge in [-0.2, -0.15) is 4.72 Å². The second-order valence-corrected chi connectivity index (χ2v) is 14.8. The molecule has 0 saturated carbocycles. The summed E-state index contributed by atoms with van der Waals surface area (Å²) in [5, 5.41) is 4.68. The molecule has 268 valence electrons. The monoisotopic (exact) mass is 712 g/mol. The first-order valence-corrected chi connectivity index (χ1v) is 18.9. The van der Waals surface area contributed by atoms with E-state index in [0.29, 0.717) is 38.8 Å². The third-order valence-corrected chi connectivity index (χ3v) is 10.9. The van der Waals surface area contributed by atoms with E-state index < -0.39 is 34.0 Å². The number of carbonyl (C=O) groups is 3. The lowest BCUT2D eigenvalue weighted by Crippen LogP contribution is -2.54. The van der Waals surface area contributed by atoms with Crippen molar-refractivity contribution in [2.24, 2.45) is 5.92 Å². The Morgan fingerprint density at radius 3 is 2.20 bits per heavy atom. The number of ether oxygens (including phenoxy) is 2. The summed E-state index contributed by atoms with van der Waals surface area (Å²) in [7, 11) is -4.10. The quantitative estimate of drug-likeness (QED) is 0.202. The normalized spacial score (nSPS) is 18.4. The molecule has 2 aliphatic rings. The highest BCUT2D eigenvalue weighted by Gasteiger charge is 2.37. The van der Waals surface area contributed by atoms with Crippen LogP contribution >= 0.6 is 0 Å². The van der Waals surface area contributed by atoms with Gasteiger partial charge in [0.25, 0.3) is 0 Å². The third kappa shape index (κ3) is 9.52. The number of piperidine rings is 1. The number of hydrogen-bond donors (Lipinski definition) is 2. The van der Waals surface area contributed by atoms with Gasteiger partial charge in [-0.1, -0.05) is 91.0 Å². The van der Waals surface area contributed by atoms with E-state index in [2.05, 4.69) is 10.0 Å². The van der Waals surface area contributed by atoms with Gasteiger partial charge in [-0.15, -0.1) is 0 Å². The summed E-state index contributed by atoms with van der Waals surface area (Å²) in [4.78, 5) is 43.5. The zero-order valence-electron chi connectivity index (χ0n) is 28.5. The molecule has 4 aromatic carbocycles. The van der Waals surface area contributed by atoms with Crippen molar-refractivity contribution in [1.29, 1.82) is 0 Å². The topological polar surface area (TPSA) is 134 Å². The Balaban J connectivity index is 1.08. The van der Waals surface area contributed by atoms with Gasteiger partial charge in [0.05, 0.1) is 24.0 Å². The lowest BCUT2D eigenvalue weighted by Gasteiger charge is -2.32. The van der Waals surface area contributed by atoms with Crippen LogP contribution in [0.5, 0.6) is 0 Å². The summed E-state index contributed by atoms with van der Waals surface area (Å²) in [6.45, 7) is 1.62. The fraction of sp³-hybridized carbons (Fsp3) is 0.359. The Bertz CT molecular complexity index is 1910. The number of benzene rings is 4. The number of nitrogens with zero attached hydrogens (tertiary/aromatic N) is 2. The van der Waals surface area contributed by atoms with Crippen LogP contribution in [0.2, 0.25) is 0 Å². The predicted molar refractivity (Wildman–Crippen MR) is 193 cm³/mol. The molecule has 0 spiro atoms. The first kappa shape index (κ1) is 36.0. The van der Waals surface area contributed by atoms with Crippen LogP contribution in [-0.4, -0.2) is 81.0 Å². The molecular weight excluding hydrogens is 669 g/mol. The van der Waals surface area contributed by atoms with Crippen molar-refractivity contribution in [3.05, 3.63) is 114 Å². The molecule has 2 saturated heterocycles. The highest BCUT2D eigenvalue weighted by Crippen LogP contribution is 2.23. The number of carbonyl (C=O) groups excluding carboxylic acids is 3. The van der Waals surface area contributed by atoms with Crippen molar-refractivity contribution >= 4 is 38.7 Å². The largest absolute Gasteiger partial charge is 0.445 e. The zero-order valence-corrected chi connectivity index (χ0v) is 29.3. The van der Waals surface area contributed by atoms with Crippen LogP contribution in [0.15, 0.2) is 108 Å². The van der Waals surface area contributed by atoms with E-state index in [1.54, 1.807) is 21.9 Å².